The smallest absolute Gasteiger partial charge is 0.224 e. The average molecular weight is 501 g/mol. The van der Waals surface area contributed by atoms with Crippen molar-refractivity contribution in [3.05, 3.63) is 84.4 Å². The number of hydrogen-bond acceptors (Lipinski definition) is 4. The van der Waals surface area contributed by atoms with Crippen molar-refractivity contribution in [2.24, 2.45) is 5.41 Å². The molecular weight excluding hydrogens is 472 g/mol. The van der Waals surface area contributed by atoms with Crippen LogP contribution in [0.1, 0.15) is 26.3 Å². The Kier molecular flexibility index (Phi) is 5.83. The van der Waals surface area contributed by atoms with Crippen LogP contribution in [0.2, 0.25) is 0 Å². The maximum atomic E-state index is 13.8. The number of nitrogens with zero attached hydrogens (tertiary/aromatic N) is 2. The molecule has 0 spiro atoms. The fourth-order valence-electron chi connectivity index (χ4n) is 5.51. The number of aromatic nitrogens is 1. The molecule has 3 aromatic carbocycles. The van der Waals surface area contributed by atoms with Gasteiger partial charge in [-0.2, -0.15) is 0 Å². The van der Waals surface area contributed by atoms with Gasteiger partial charge in [-0.3, -0.25) is 4.79 Å². The predicted octanol–water partition coefficient (Wildman–Crippen LogP) is 5.07. The van der Waals surface area contributed by atoms with Crippen molar-refractivity contribution in [3.8, 4) is 0 Å². The third-order valence-corrected chi connectivity index (χ3v) is 9.11. The van der Waals surface area contributed by atoms with E-state index >= 15 is 0 Å². The van der Waals surface area contributed by atoms with Crippen LogP contribution in [0.15, 0.2) is 83.8 Å². The topological polar surface area (TPSA) is 76.5 Å². The van der Waals surface area contributed by atoms with Crippen LogP contribution in [0.5, 0.6) is 0 Å². The van der Waals surface area contributed by atoms with Gasteiger partial charge in [-0.15, -0.1) is 0 Å². The van der Waals surface area contributed by atoms with Gasteiger partial charge in [0.2, 0.25) is 5.91 Å². The second-order valence-corrected chi connectivity index (χ2v) is 11.6. The van der Waals surface area contributed by atoms with Gasteiger partial charge in [0.05, 0.1) is 10.6 Å². The number of carbonyl (C=O) groups excluding carboxylic acids is 2. The summed E-state index contributed by atoms with van der Waals surface area (Å²) in [6.07, 6.45) is 2.45. The Hall–Kier alpha value is -3.71. The SMILES string of the molecule is CCn1c2ccccc2c2cc(S(=O)(=O)CC3(C)C=C(c4ccccc4)N(C(C)=O)C3C=O)ccc21. The largest absolute Gasteiger partial charge is 0.341 e. The van der Waals surface area contributed by atoms with Crippen LogP contribution in [0, 0.1) is 5.41 Å². The number of aryl methyl sites for hydroxylation is 1. The summed E-state index contributed by atoms with van der Waals surface area (Å²) in [6.45, 7) is 5.96. The second-order valence-electron chi connectivity index (χ2n) is 9.57. The molecule has 1 aliphatic rings. The molecule has 2 atom stereocenters. The standard InChI is InChI=1S/C29H28N2O4S/c1-4-30-25-13-9-8-12-23(25)24-16-22(14-15-26(24)30)36(34,35)19-29(3)17-27(21-10-6-5-7-11-21)31(20(2)33)28(29)18-32/h5-18,28H,4,19H2,1-3H3. The lowest BCUT2D eigenvalue weighted by atomic mass is 9.86. The van der Waals surface area contributed by atoms with Gasteiger partial charge < -0.3 is 14.3 Å². The number of para-hydroxylation sites is 1. The Balaban J connectivity index is 1.60. The molecule has 4 aromatic rings. The summed E-state index contributed by atoms with van der Waals surface area (Å²) in [4.78, 5) is 26.5. The molecule has 2 unspecified atom stereocenters. The Morgan fingerprint density at radius 2 is 1.64 bits per heavy atom. The maximum Gasteiger partial charge on any atom is 0.224 e. The first kappa shape index (κ1) is 24.0. The third-order valence-electron chi connectivity index (χ3n) is 7.14. The molecule has 2 heterocycles. The minimum atomic E-state index is -3.81. The molecule has 1 amide bonds. The Labute approximate surface area is 210 Å². The van der Waals surface area contributed by atoms with Crippen molar-refractivity contribution in [3.63, 3.8) is 0 Å². The molecule has 1 aromatic heterocycles. The maximum absolute atomic E-state index is 13.8. The van der Waals surface area contributed by atoms with Crippen LogP contribution in [0.25, 0.3) is 27.5 Å². The fraction of sp³-hybridized carbons (Fsp3) is 0.241. The summed E-state index contributed by atoms with van der Waals surface area (Å²) in [5.74, 6) is -0.612. The van der Waals surface area contributed by atoms with Gasteiger partial charge in [-0.05, 0) is 36.8 Å². The summed E-state index contributed by atoms with van der Waals surface area (Å²) in [5, 5.41) is 1.88. The molecule has 0 radical (unpaired) electrons. The number of carbonyl (C=O) groups is 2. The molecule has 36 heavy (non-hydrogen) atoms. The first-order valence-electron chi connectivity index (χ1n) is 12.0. The van der Waals surface area contributed by atoms with E-state index in [0.29, 0.717) is 12.0 Å². The minimum Gasteiger partial charge on any atom is -0.341 e. The lowest BCUT2D eigenvalue weighted by Crippen LogP contribution is -2.45. The molecule has 0 fully saturated rings. The van der Waals surface area contributed by atoms with E-state index in [1.54, 1.807) is 25.1 Å². The first-order chi connectivity index (χ1) is 17.2. The van der Waals surface area contributed by atoms with Gasteiger partial charge in [0, 0.05) is 46.4 Å². The number of sulfone groups is 1. The second kappa shape index (κ2) is 8.75. The zero-order chi connectivity index (χ0) is 25.7. The lowest BCUT2D eigenvalue weighted by molar-refractivity contribution is -0.131. The minimum absolute atomic E-state index is 0.204. The van der Waals surface area contributed by atoms with E-state index in [-0.39, 0.29) is 16.6 Å². The van der Waals surface area contributed by atoms with E-state index in [4.69, 9.17) is 0 Å². The Morgan fingerprint density at radius 1 is 0.972 bits per heavy atom. The van der Waals surface area contributed by atoms with Crippen molar-refractivity contribution < 1.29 is 18.0 Å². The molecule has 1 aliphatic heterocycles. The normalized spacial score (nSPS) is 20.1. The summed E-state index contributed by atoms with van der Waals surface area (Å²) >= 11 is 0. The highest BCUT2D eigenvalue weighted by atomic mass is 32.2. The molecule has 6 nitrogen and oxygen atoms in total. The molecular formula is C29H28N2O4S. The quantitative estimate of drug-likeness (QED) is 0.347. The Bertz CT molecular complexity index is 1640. The Morgan fingerprint density at radius 3 is 2.31 bits per heavy atom. The molecule has 0 saturated carbocycles. The summed E-state index contributed by atoms with van der Waals surface area (Å²) in [6, 6.07) is 21.5. The number of amides is 1. The highest BCUT2D eigenvalue weighted by molar-refractivity contribution is 7.91. The number of hydrogen-bond donors (Lipinski definition) is 0. The molecule has 0 aliphatic carbocycles. The number of rotatable bonds is 6. The van der Waals surface area contributed by atoms with Crippen LogP contribution in [-0.4, -0.2) is 41.9 Å². The zero-order valence-corrected chi connectivity index (χ0v) is 21.3. The van der Waals surface area contributed by atoms with E-state index in [1.165, 1.54) is 11.8 Å². The van der Waals surface area contributed by atoms with Gasteiger partial charge in [0.15, 0.2) is 9.84 Å². The van der Waals surface area contributed by atoms with Gasteiger partial charge >= 0.3 is 0 Å². The monoisotopic (exact) mass is 500 g/mol. The fourth-order valence-corrected chi connectivity index (χ4v) is 7.32. The number of aldehydes is 1. The highest BCUT2D eigenvalue weighted by Gasteiger charge is 2.48. The third kappa shape index (κ3) is 3.75. The highest BCUT2D eigenvalue weighted by Crippen LogP contribution is 2.43. The predicted molar refractivity (Wildman–Crippen MR) is 142 cm³/mol. The van der Waals surface area contributed by atoms with Crippen LogP contribution in [-0.2, 0) is 26.0 Å². The van der Waals surface area contributed by atoms with Gasteiger partial charge in [0.25, 0.3) is 0 Å². The summed E-state index contributed by atoms with van der Waals surface area (Å²) < 4.78 is 29.7. The van der Waals surface area contributed by atoms with Crippen LogP contribution < -0.4 is 0 Å². The van der Waals surface area contributed by atoms with E-state index in [0.717, 1.165) is 33.9 Å². The van der Waals surface area contributed by atoms with Crippen molar-refractivity contribution in [2.45, 2.75) is 38.3 Å². The van der Waals surface area contributed by atoms with E-state index in [2.05, 4.69) is 11.5 Å². The number of fused-ring (bicyclic) bond motifs is 3. The molecule has 0 N–H and O–H groups in total. The van der Waals surface area contributed by atoms with E-state index in [1.807, 2.05) is 60.7 Å². The average Bonchev–Trinajstić information content (AvgIpc) is 3.35. The summed E-state index contributed by atoms with van der Waals surface area (Å²) in [7, 11) is -3.81. The molecule has 5 rings (SSSR count). The van der Waals surface area contributed by atoms with Crippen molar-refractivity contribution >= 4 is 49.5 Å². The van der Waals surface area contributed by atoms with Gasteiger partial charge in [0.1, 0.15) is 12.3 Å². The summed E-state index contributed by atoms with van der Waals surface area (Å²) in [5.41, 5.74) is 2.25. The van der Waals surface area contributed by atoms with Crippen LogP contribution in [0.3, 0.4) is 0 Å². The van der Waals surface area contributed by atoms with Gasteiger partial charge in [-0.25, -0.2) is 8.42 Å². The van der Waals surface area contributed by atoms with Crippen LogP contribution in [0.4, 0.5) is 0 Å². The van der Waals surface area contributed by atoms with Gasteiger partial charge in [-0.1, -0.05) is 61.5 Å². The van der Waals surface area contributed by atoms with E-state index < -0.39 is 21.3 Å². The zero-order valence-electron chi connectivity index (χ0n) is 20.5. The van der Waals surface area contributed by atoms with E-state index in [9.17, 15) is 18.0 Å². The first-order valence-corrected chi connectivity index (χ1v) is 13.6. The molecule has 0 saturated heterocycles. The van der Waals surface area contributed by atoms with Crippen molar-refractivity contribution in [2.75, 3.05) is 5.75 Å². The van der Waals surface area contributed by atoms with Crippen LogP contribution >= 0.6 is 0 Å². The van der Waals surface area contributed by atoms with Crippen molar-refractivity contribution in [1.29, 1.82) is 0 Å². The number of benzene rings is 3. The molecule has 0 bridgehead atoms. The molecule has 7 heteroatoms. The molecule has 184 valence electrons. The van der Waals surface area contributed by atoms with Crippen molar-refractivity contribution in [1.82, 2.24) is 9.47 Å². The lowest BCUT2D eigenvalue weighted by Gasteiger charge is -2.32.